The average molecular weight is 455 g/mol. The molecular formula is C23H29ClF2N2O3. The summed E-state index contributed by atoms with van der Waals surface area (Å²) in [4.78, 5) is 30.3. The van der Waals surface area contributed by atoms with E-state index >= 15 is 0 Å². The first kappa shape index (κ1) is 28.4. The van der Waals surface area contributed by atoms with Gasteiger partial charge in [-0.3, -0.25) is 4.79 Å². The van der Waals surface area contributed by atoms with Gasteiger partial charge in [0.05, 0.1) is 5.02 Å². The number of nitrogens with one attached hydrogen (secondary N) is 1. The molecule has 1 aliphatic heterocycles. The summed E-state index contributed by atoms with van der Waals surface area (Å²) >= 11 is 5.61. The fourth-order valence-corrected chi connectivity index (χ4v) is 3.05. The number of rotatable bonds is 2. The third kappa shape index (κ3) is 11.4. The number of hydrogen-bond donors (Lipinski definition) is 1. The molecule has 8 heteroatoms. The summed E-state index contributed by atoms with van der Waals surface area (Å²) < 4.78 is 26.2. The highest BCUT2D eigenvalue weighted by Crippen LogP contribution is 2.20. The highest BCUT2D eigenvalue weighted by molar-refractivity contribution is 6.31. The van der Waals surface area contributed by atoms with Crippen molar-refractivity contribution in [2.24, 2.45) is 0 Å². The molecule has 2 aromatic carbocycles. The molecule has 0 aromatic heterocycles. The van der Waals surface area contributed by atoms with Crippen LogP contribution in [0.15, 0.2) is 36.4 Å². The van der Waals surface area contributed by atoms with Crippen LogP contribution in [0.4, 0.5) is 14.5 Å². The number of carbonyl (C=O) groups excluding carboxylic acids is 3. The normalized spacial score (nSPS) is 13.1. The Morgan fingerprint density at radius 2 is 1.55 bits per heavy atom. The summed E-state index contributed by atoms with van der Waals surface area (Å²) in [5.41, 5.74) is 1.18. The second-order valence-corrected chi connectivity index (χ2v) is 7.22. The van der Waals surface area contributed by atoms with Gasteiger partial charge in [-0.15, -0.1) is 0 Å². The minimum Gasteiger partial charge on any atom is -0.322 e. The monoisotopic (exact) mass is 454 g/mol. The molecule has 1 fully saturated rings. The Kier molecular flexibility index (Phi) is 14.7. The van der Waals surface area contributed by atoms with Crippen molar-refractivity contribution in [2.75, 3.05) is 25.5 Å². The predicted octanol–water partition coefficient (Wildman–Crippen LogP) is 5.30. The largest absolute Gasteiger partial charge is 0.322 e. The summed E-state index contributed by atoms with van der Waals surface area (Å²) in [6.45, 7) is 8.33. The van der Waals surface area contributed by atoms with Crippen molar-refractivity contribution in [2.45, 2.75) is 32.6 Å². The maximum atomic E-state index is 13.2. The van der Waals surface area contributed by atoms with Crippen molar-refractivity contribution in [1.29, 1.82) is 0 Å². The summed E-state index contributed by atoms with van der Waals surface area (Å²) in [7, 11) is 2.21. The maximum Gasteiger partial charge on any atom is 0.255 e. The number of amides is 1. The zero-order valence-electron chi connectivity index (χ0n) is 17.9. The number of halogens is 3. The average Bonchev–Trinajstić information content (AvgIpc) is 3.01. The van der Waals surface area contributed by atoms with Gasteiger partial charge in [-0.05, 0) is 81.9 Å². The fraction of sp³-hybridized carbons (Fsp3) is 0.348. The van der Waals surface area contributed by atoms with Gasteiger partial charge in [0.25, 0.3) is 5.91 Å². The summed E-state index contributed by atoms with van der Waals surface area (Å²) in [5.74, 6) is -1.53. The molecule has 1 heterocycles. The van der Waals surface area contributed by atoms with Gasteiger partial charge in [0.15, 0.2) is 0 Å². The maximum absolute atomic E-state index is 13.2. The number of nitrogens with zero attached hydrogens (tertiary/aromatic N) is 1. The minimum atomic E-state index is -0.568. The van der Waals surface area contributed by atoms with Crippen molar-refractivity contribution in [3.05, 3.63) is 64.2 Å². The third-order valence-electron chi connectivity index (χ3n) is 4.31. The molecule has 2 aromatic rings. The molecule has 5 nitrogen and oxygen atoms in total. The van der Waals surface area contributed by atoms with Gasteiger partial charge in [0.2, 0.25) is 0 Å². The van der Waals surface area contributed by atoms with E-state index in [2.05, 4.69) is 17.3 Å². The number of benzene rings is 2. The van der Waals surface area contributed by atoms with Crippen LogP contribution in [0.5, 0.6) is 0 Å². The van der Waals surface area contributed by atoms with Crippen LogP contribution in [-0.4, -0.2) is 44.5 Å². The summed E-state index contributed by atoms with van der Waals surface area (Å²) in [6.07, 6.45) is 5.72. The van der Waals surface area contributed by atoms with E-state index in [9.17, 15) is 13.6 Å². The van der Waals surface area contributed by atoms with Crippen molar-refractivity contribution >= 4 is 36.8 Å². The fourth-order valence-electron chi connectivity index (χ4n) is 2.87. The quantitative estimate of drug-likeness (QED) is 0.668. The van der Waals surface area contributed by atoms with Crippen LogP contribution in [0, 0.1) is 18.6 Å². The van der Waals surface area contributed by atoms with Gasteiger partial charge in [0.1, 0.15) is 25.2 Å². The van der Waals surface area contributed by atoms with Crippen LogP contribution in [0.2, 0.25) is 5.02 Å². The summed E-state index contributed by atoms with van der Waals surface area (Å²) in [5, 5.41) is 2.43. The molecule has 170 valence electrons. The van der Waals surface area contributed by atoms with Crippen LogP contribution in [-0.2, 0) is 9.59 Å². The molecule has 0 atom stereocenters. The Labute approximate surface area is 187 Å². The number of carbonyl (C=O) groups is 3. The first-order chi connectivity index (χ1) is 14.8. The number of hydrogen-bond acceptors (Lipinski definition) is 4. The van der Waals surface area contributed by atoms with E-state index in [1.54, 1.807) is 13.0 Å². The van der Waals surface area contributed by atoms with Crippen LogP contribution in [0.3, 0.4) is 0 Å². The van der Waals surface area contributed by atoms with Gasteiger partial charge in [0, 0.05) is 11.3 Å². The van der Waals surface area contributed by atoms with E-state index in [0.717, 1.165) is 12.1 Å². The van der Waals surface area contributed by atoms with Crippen molar-refractivity contribution in [1.82, 2.24) is 4.90 Å². The second-order valence-electron chi connectivity index (χ2n) is 6.82. The molecule has 0 saturated carbocycles. The van der Waals surface area contributed by atoms with E-state index in [-0.39, 0.29) is 10.6 Å². The molecule has 0 unspecified atom stereocenters. The first-order valence-electron chi connectivity index (χ1n) is 9.65. The molecule has 3 rings (SSSR count). The smallest absolute Gasteiger partial charge is 0.255 e. The van der Waals surface area contributed by atoms with E-state index in [0.29, 0.717) is 11.3 Å². The van der Waals surface area contributed by atoms with Crippen LogP contribution < -0.4 is 5.32 Å². The van der Waals surface area contributed by atoms with Crippen molar-refractivity contribution < 1.29 is 23.2 Å². The lowest BCUT2D eigenvalue weighted by Gasteiger charge is -2.10. The molecule has 1 N–H and O–H groups in total. The van der Waals surface area contributed by atoms with E-state index in [4.69, 9.17) is 21.2 Å². The number of likely N-dealkylation sites (tertiary alicyclic amines) is 1. The zero-order chi connectivity index (χ0) is 23.8. The second kappa shape index (κ2) is 16.1. The molecule has 31 heavy (non-hydrogen) atoms. The SMILES string of the molecule is C=O.C=O.CN1CCCCCC1.Cc1cc(F)cc(C(=O)Nc2ccc(F)c(Cl)c2)c1. The lowest BCUT2D eigenvalue weighted by Crippen LogP contribution is -2.18. The molecule has 1 saturated heterocycles. The van der Waals surface area contributed by atoms with E-state index in [1.165, 1.54) is 57.0 Å². The molecule has 0 aliphatic carbocycles. The molecule has 1 amide bonds. The van der Waals surface area contributed by atoms with Crippen LogP contribution >= 0.6 is 11.6 Å². The Morgan fingerprint density at radius 1 is 0.968 bits per heavy atom. The Hall–Kier alpha value is -2.64. The topological polar surface area (TPSA) is 66.5 Å². The number of anilines is 1. The Balaban J connectivity index is 0.000000625. The van der Waals surface area contributed by atoms with Crippen molar-refractivity contribution in [3.63, 3.8) is 0 Å². The van der Waals surface area contributed by atoms with Crippen molar-refractivity contribution in [3.8, 4) is 0 Å². The van der Waals surface area contributed by atoms with Gasteiger partial charge >= 0.3 is 0 Å². The lowest BCUT2D eigenvalue weighted by atomic mass is 10.1. The highest BCUT2D eigenvalue weighted by Gasteiger charge is 2.09. The number of aryl methyl sites for hydroxylation is 1. The van der Waals surface area contributed by atoms with Gasteiger partial charge in [-0.25, -0.2) is 8.78 Å². The summed E-state index contributed by atoms with van der Waals surface area (Å²) in [6, 6.07) is 7.84. The Morgan fingerprint density at radius 3 is 2.06 bits per heavy atom. The minimum absolute atomic E-state index is 0.0896. The van der Waals surface area contributed by atoms with E-state index in [1.807, 2.05) is 13.6 Å². The Bertz CT molecular complexity index is 791. The van der Waals surface area contributed by atoms with Gasteiger partial charge in [-0.1, -0.05) is 24.4 Å². The molecule has 1 aliphatic rings. The third-order valence-corrected chi connectivity index (χ3v) is 4.60. The lowest BCUT2D eigenvalue weighted by molar-refractivity contribution is -0.0987. The zero-order valence-corrected chi connectivity index (χ0v) is 18.7. The molecule has 0 bridgehead atoms. The highest BCUT2D eigenvalue weighted by atomic mass is 35.5. The first-order valence-corrected chi connectivity index (χ1v) is 10.0. The predicted molar refractivity (Wildman–Crippen MR) is 121 cm³/mol. The molecule has 0 spiro atoms. The molecular weight excluding hydrogens is 426 g/mol. The van der Waals surface area contributed by atoms with Gasteiger partial charge < -0.3 is 19.8 Å². The van der Waals surface area contributed by atoms with Gasteiger partial charge in [-0.2, -0.15) is 0 Å². The van der Waals surface area contributed by atoms with Crippen LogP contribution in [0.25, 0.3) is 0 Å². The standard InChI is InChI=1S/C14H10ClF2NO.C7H15N.2CH2O/c1-8-4-9(6-10(16)5-8)14(19)18-11-2-3-13(17)12(15)7-11;1-8-6-4-2-3-5-7-8;2*1-2/h2-7H,1H3,(H,18,19);2-7H2,1H3;2*1H2. The van der Waals surface area contributed by atoms with E-state index < -0.39 is 17.5 Å². The molecule has 0 radical (unpaired) electrons. The van der Waals surface area contributed by atoms with Crippen LogP contribution in [0.1, 0.15) is 41.6 Å².